The van der Waals surface area contributed by atoms with E-state index in [0.29, 0.717) is 12.4 Å². The number of nitrogens with zero attached hydrogens (tertiary/aromatic N) is 1. The van der Waals surface area contributed by atoms with Gasteiger partial charge in [-0.25, -0.2) is 0 Å². The number of carbonyl (C=O) groups excluding carboxylic acids is 1. The molecule has 1 aromatic carbocycles. The zero-order chi connectivity index (χ0) is 15.2. The number of carbonyl (C=O) groups is 1. The second-order valence-corrected chi connectivity index (χ2v) is 5.67. The third-order valence-electron chi connectivity index (χ3n) is 3.94. The molecule has 1 fully saturated rings. The molecule has 0 spiro atoms. The van der Waals surface area contributed by atoms with Gasteiger partial charge >= 0.3 is 0 Å². The molecule has 1 amide bonds. The summed E-state index contributed by atoms with van der Waals surface area (Å²) in [5.41, 5.74) is 2.32. The van der Waals surface area contributed by atoms with Crippen molar-refractivity contribution in [3.63, 3.8) is 0 Å². The Morgan fingerprint density at radius 1 is 1.32 bits per heavy atom. The monoisotopic (exact) mass is 299 g/mol. The number of nitrogens with one attached hydrogen (secondary N) is 2. The van der Waals surface area contributed by atoms with Crippen LogP contribution < -0.4 is 5.32 Å². The van der Waals surface area contributed by atoms with Crippen molar-refractivity contribution in [2.45, 2.75) is 25.7 Å². The zero-order valence-corrected chi connectivity index (χ0v) is 12.5. The highest BCUT2D eigenvalue weighted by atomic mass is 16.5. The molecule has 1 atom stereocenters. The van der Waals surface area contributed by atoms with E-state index in [-0.39, 0.29) is 11.8 Å². The van der Waals surface area contributed by atoms with E-state index in [4.69, 9.17) is 4.74 Å². The molecule has 0 bridgehead atoms. The van der Waals surface area contributed by atoms with Crippen LogP contribution in [0.15, 0.2) is 36.4 Å². The SMILES string of the molecule is O=C(Nc1cc(CCc2ccccc2)[nH]n1)[C@H]1CCCOC1. The van der Waals surface area contributed by atoms with Crippen molar-refractivity contribution in [2.75, 3.05) is 18.5 Å². The van der Waals surface area contributed by atoms with Crippen LogP contribution in [0.2, 0.25) is 0 Å². The smallest absolute Gasteiger partial charge is 0.231 e. The lowest BCUT2D eigenvalue weighted by Crippen LogP contribution is -2.30. The highest BCUT2D eigenvalue weighted by molar-refractivity contribution is 5.91. The molecule has 1 saturated heterocycles. The van der Waals surface area contributed by atoms with Crippen molar-refractivity contribution in [3.8, 4) is 0 Å². The molecule has 0 unspecified atom stereocenters. The number of benzene rings is 1. The fourth-order valence-corrected chi connectivity index (χ4v) is 2.65. The number of aromatic amines is 1. The van der Waals surface area contributed by atoms with Crippen LogP contribution >= 0.6 is 0 Å². The third kappa shape index (κ3) is 3.95. The maximum absolute atomic E-state index is 12.1. The largest absolute Gasteiger partial charge is 0.381 e. The van der Waals surface area contributed by atoms with Gasteiger partial charge in [0, 0.05) is 18.4 Å². The molecular formula is C17H21N3O2. The minimum Gasteiger partial charge on any atom is -0.381 e. The summed E-state index contributed by atoms with van der Waals surface area (Å²) in [7, 11) is 0. The van der Waals surface area contributed by atoms with Gasteiger partial charge in [-0.1, -0.05) is 30.3 Å². The molecule has 2 N–H and O–H groups in total. The van der Waals surface area contributed by atoms with Gasteiger partial charge in [0.2, 0.25) is 5.91 Å². The average molecular weight is 299 g/mol. The topological polar surface area (TPSA) is 67.0 Å². The third-order valence-corrected chi connectivity index (χ3v) is 3.94. The number of amides is 1. The van der Waals surface area contributed by atoms with Crippen LogP contribution in [0.3, 0.4) is 0 Å². The van der Waals surface area contributed by atoms with E-state index in [1.165, 1.54) is 5.56 Å². The molecule has 2 heterocycles. The first-order valence-corrected chi connectivity index (χ1v) is 7.78. The molecule has 3 rings (SSSR count). The van der Waals surface area contributed by atoms with Gasteiger partial charge in [0.1, 0.15) is 0 Å². The van der Waals surface area contributed by atoms with Gasteiger partial charge in [-0.3, -0.25) is 9.89 Å². The number of rotatable bonds is 5. The van der Waals surface area contributed by atoms with Crippen LogP contribution in [0.5, 0.6) is 0 Å². The predicted octanol–water partition coefficient (Wildman–Crippen LogP) is 2.56. The Morgan fingerprint density at radius 3 is 2.95 bits per heavy atom. The number of hydrogen-bond acceptors (Lipinski definition) is 3. The molecule has 1 aliphatic heterocycles. The Morgan fingerprint density at radius 2 is 2.18 bits per heavy atom. The highest BCUT2D eigenvalue weighted by Gasteiger charge is 2.22. The van der Waals surface area contributed by atoms with Crippen molar-refractivity contribution >= 4 is 11.7 Å². The minimum absolute atomic E-state index is 0.000749. The van der Waals surface area contributed by atoms with E-state index >= 15 is 0 Å². The summed E-state index contributed by atoms with van der Waals surface area (Å²) in [5, 5.41) is 10.0. The van der Waals surface area contributed by atoms with Crippen molar-refractivity contribution in [1.82, 2.24) is 10.2 Å². The van der Waals surface area contributed by atoms with E-state index in [1.54, 1.807) is 0 Å². The Hall–Kier alpha value is -2.14. The Labute approximate surface area is 130 Å². The summed E-state index contributed by atoms with van der Waals surface area (Å²) in [4.78, 5) is 12.1. The number of ether oxygens (including phenoxy) is 1. The van der Waals surface area contributed by atoms with Crippen LogP contribution in [0.4, 0.5) is 5.82 Å². The molecule has 1 aromatic heterocycles. The fraction of sp³-hybridized carbons (Fsp3) is 0.412. The second-order valence-electron chi connectivity index (χ2n) is 5.67. The number of aryl methyl sites for hydroxylation is 2. The lowest BCUT2D eigenvalue weighted by Gasteiger charge is -2.20. The molecule has 5 nitrogen and oxygen atoms in total. The quantitative estimate of drug-likeness (QED) is 0.891. The van der Waals surface area contributed by atoms with Crippen molar-refractivity contribution in [2.24, 2.45) is 5.92 Å². The second kappa shape index (κ2) is 7.22. The predicted molar refractivity (Wildman–Crippen MR) is 84.6 cm³/mol. The minimum atomic E-state index is -0.0572. The number of H-pyrrole nitrogens is 1. The van der Waals surface area contributed by atoms with Gasteiger partial charge in [-0.05, 0) is 31.2 Å². The van der Waals surface area contributed by atoms with Crippen LogP contribution in [-0.2, 0) is 22.4 Å². The molecule has 22 heavy (non-hydrogen) atoms. The molecular weight excluding hydrogens is 278 g/mol. The zero-order valence-electron chi connectivity index (χ0n) is 12.5. The first-order valence-electron chi connectivity index (χ1n) is 7.78. The number of hydrogen-bond donors (Lipinski definition) is 2. The summed E-state index contributed by atoms with van der Waals surface area (Å²) >= 11 is 0. The Balaban J connectivity index is 1.51. The van der Waals surface area contributed by atoms with Crippen LogP contribution in [-0.4, -0.2) is 29.3 Å². The van der Waals surface area contributed by atoms with Crippen LogP contribution in [0, 0.1) is 5.92 Å². The first-order chi connectivity index (χ1) is 10.8. The van der Waals surface area contributed by atoms with E-state index < -0.39 is 0 Å². The standard InChI is InChI=1S/C17H21N3O2/c21-17(14-7-4-10-22-12-14)18-16-11-15(19-20-16)9-8-13-5-2-1-3-6-13/h1-3,5-6,11,14H,4,7-10,12H2,(H2,18,19,20,21)/t14-/m0/s1. The molecule has 2 aromatic rings. The average Bonchev–Trinajstić information content (AvgIpc) is 3.02. The lowest BCUT2D eigenvalue weighted by atomic mass is 10.0. The van der Waals surface area contributed by atoms with Gasteiger partial charge < -0.3 is 10.1 Å². The Bertz CT molecular complexity index is 603. The molecule has 0 radical (unpaired) electrons. The summed E-state index contributed by atoms with van der Waals surface area (Å²) < 4.78 is 5.34. The van der Waals surface area contributed by atoms with Crippen molar-refractivity contribution in [3.05, 3.63) is 47.7 Å². The van der Waals surface area contributed by atoms with Gasteiger partial charge in [-0.2, -0.15) is 5.10 Å². The summed E-state index contributed by atoms with van der Waals surface area (Å²) in [6, 6.07) is 12.2. The maximum atomic E-state index is 12.1. The molecule has 5 heteroatoms. The van der Waals surface area contributed by atoms with Crippen molar-refractivity contribution < 1.29 is 9.53 Å². The van der Waals surface area contributed by atoms with Crippen LogP contribution in [0.25, 0.3) is 0 Å². The number of aromatic nitrogens is 2. The van der Waals surface area contributed by atoms with E-state index in [2.05, 4.69) is 27.6 Å². The summed E-state index contributed by atoms with van der Waals surface area (Å²) in [6.45, 7) is 1.27. The molecule has 0 saturated carbocycles. The maximum Gasteiger partial charge on any atom is 0.231 e. The highest BCUT2D eigenvalue weighted by Crippen LogP contribution is 2.16. The lowest BCUT2D eigenvalue weighted by molar-refractivity contribution is -0.123. The Kier molecular flexibility index (Phi) is 4.85. The van der Waals surface area contributed by atoms with Gasteiger partial charge in [0.05, 0.1) is 12.5 Å². The van der Waals surface area contributed by atoms with E-state index in [9.17, 15) is 4.79 Å². The van der Waals surface area contributed by atoms with Crippen molar-refractivity contribution in [1.29, 1.82) is 0 Å². The molecule has 0 aliphatic carbocycles. The van der Waals surface area contributed by atoms with Gasteiger partial charge in [0.25, 0.3) is 0 Å². The normalized spacial score (nSPS) is 18.1. The van der Waals surface area contributed by atoms with E-state index in [1.807, 2.05) is 24.3 Å². The molecule has 1 aliphatic rings. The first kappa shape index (κ1) is 14.8. The summed E-state index contributed by atoms with van der Waals surface area (Å²) in [5.74, 6) is 0.540. The summed E-state index contributed by atoms with van der Waals surface area (Å²) in [6.07, 6.45) is 3.66. The van der Waals surface area contributed by atoms with Gasteiger partial charge in [0.15, 0.2) is 5.82 Å². The van der Waals surface area contributed by atoms with Gasteiger partial charge in [-0.15, -0.1) is 0 Å². The van der Waals surface area contributed by atoms with Crippen LogP contribution in [0.1, 0.15) is 24.1 Å². The number of anilines is 1. The van der Waals surface area contributed by atoms with E-state index in [0.717, 1.165) is 38.0 Å². The molecule has 116 valence electrons. The fourth-order valence-electron chi connectivity index (χ4n) is 2.65.